The van der Waals surface area contributed by atoms with Gasteiger partial charge in [0.1, 0.15) is 24.4 Å². The number of esters is 1. The predicted molar refractivity (Wildman–Crippen MR) is 80.6 cm³/mol. The predicted octanol–water partition coefficient (Wildman–Crippen LogP) is -1.59. The van der Waals surface area contributed by atoms with Crippen molar-refractivity contribution in [1.82, 2.24) is 0 Å². The largest absolute Gasteiger partial charge is 0.471 e. The van der Waals surface area contributed by atoms with Crippen LogP contribution in [0.15, 0.2) is 24.5 Å². The maximum absolute atomic E-state index is 11.8. The van der Waals surface area contributed by atoms with Crippen LogP contribution >= 0.6 is 0 Å². The molecule has 3 aliphatic rings. The van der Waals surface area contributed by atoms with E-state index in [1.807, 2.05) is 0 Å². The van der Waals surface area contributed by atoms with E-state index < -0.39 is 55.5 Å². The van der Waals surface area contributed by atoms with Crippen molar-refractivity contribution in [3.63, 3.8) is 0 Å². The molecule has 0 aromatic heterocycles. The van der Waals surface area contributed by atoms with Crippen LogP contribution in [-0.2, 0) is 23.7 Å². The Morgan fingerprint density at radius 2 is 2.00 bits per heavy atom. The van der Waals surface area contributed by atoms with E-state index >= 15 is 0 Å². The standard InChI is InChI=1S/C16H22O9/c1-2-7-8-3-4-22-14(21)9(8)6-23-15(7)25-16-13(20)12(19)11(18)10(5-17)24-16/h2,6-8,10-13,15-20H,1,3-5H2/t7-,8+,10-,11-,12+,13-,15+,16+/m1/s1. The lowest BCUT2D eigenvalue weighted by molar-refractivity contribution is -0.339. The summed E-state index contributed by atoms with van der Waals surface area (Å²) in [6, 6.07) is 0. The van der Waals surface area contributed by atoms with Gasteiger partial charge < -0.3 is 39.4 Å². The van der Waals surface area contributed by atoms with Crippen LogP contribution in [-0.4, -0.2) is 76.6 Å². The number of hydrogen-bond acceptors (Lipinski definition) is 9. The van der Waals surface area contributed by atoms with Gasteiger partial charge in [0.05, 0.1) is 25.0 Å². The van der Waals surface area contributed by atoms with Gasteiger partial charge in [-0.3, -0.25) is 0 Å². The molecule has 140 valence electrons. The van der Waals surface area contributed by atoms with Gasteiger partial charge in [-0.15, -0.1) is 6.58 Å². The number of carbonyl (C=O) groups excluding carboxylic acids is 1. The summed E-state index contributed by atoms with van der Waals surface area (Å²) in [5.41, 5.74) is 0.393. The van der Waals surface area contributed by atoms with E-state index in [0.717, 1.165) is 0 Å². The first-order chi connectivity index (χ1) is 12.0. The summed E-state index contributed by atoms with van der Waals surface area (Å²) in [5.74, 6) is -1.06. The average molecular weight is 358 g/mol. The van der Waals surface area contributed by atoms with Crippen molar-refractivity contribution >= 4 is 5.97 Å². The fourth-order valence-electron chi connectivity index (χ4n) is 3.34. The van der Waals surface area contributed by atoms with Crippen LogP contribution < -0.4 is 0 Å². The Morgan fingerprint density at radius 3 is 2.68 bits per heavy atom. The molecule has 3 heterocycles. The van der Waals surface area contributed by atoms with Crippen LogP contribution in [0.3, 0.4) is 0 Å². The molecule has 9 heteroatoms. The van der Waals surface area contributed by atoms with Crippen molar-refractivity contribution in [2.45, 2.75) is 43.4 Å². The van der Waals surface area contributed by atoms with Crippen molar-refractivity contribution in [3.05, 3.63) is 24.5 Å². The summed E-state index contributed by atoms with van der Waals surface area (Å²) in [6.07, 6.45) is -4.44. The summed E-state index contributed by atoms with van der Waals surface area (Å²) >= 11 is 0. The van der Waals surface area contributed by atoms with Gasteiger partial charge in [-0.1, -0.05) is 6.08 Å². The number of aliphatic hydroxyl groups excluding tert-OH is 4. The molecule has 3 rings (SSSR count). The second-order valence-corrected chi connectivity index (χ2v) is 6.26. The minimum Gasteiger partial charge on any atom is -0.471 e. The molecule has 0 aromatic carbocycles. The van der Waals surface area contributed by atoms with E-state index in [1.54, 1.807) is 6.08 Å². The smallest absolute Gasteiger partial charge is 0.337 e. The fourth-order valence-corrected chi connectivity index (χ4v) is 3.34. The number of carbonyl (C=O) groups is 1. The number of aliphatic hydroxyl groups is 4. The first kappa shape index (κ1) is 18.3. The molecule has 25 heavy (non-hydrogen) atoms. The molecule has 0 unspecified atom stereocenters. The van der Waals surface area contributed by atoms with Gasteiger partial charge in [-0.25, -0.2) is 4.79 Å². The number of cyclic esters (lactones) is 1. The van der Waals surface area contributed by atoms with E-state index in [4.69, 9.17) is 18.9 Å². The molecular formula is C16H22O9. The van der Waals surface area contributed by atoms with Gasteiger partial charge in [0.15, 0.2) is 6.29 Å². The molecule has 0 aliphatic carbocycles. The van der Waals surface area contributed by atoms with Crippen molar-refractivity contribution in [2.75, 3.05) is 13.2 Å². The van der Waals surface area contributed by atoms with Gasteiger partial charge >= 0.3 is 5.97 Å². The van der Waals surface area contributed by atoms with E-state index in [1.165, 1.54) is 6.26 Å². The number of ether oxygens (including phenoxy) is 4. The zero-order valence-electron chi connectivity index (χ0n) is 13.4. The molecule has 8 atom stereocenters. The summed E-state index contributed by atoms with van der Waals surface area (Å²) < 4.78 is 21.4. The Kier molecular flexibility index (Phi) is 5.42. The molecule has 2 fully saturated rings. The summed E-state index contributed by atoms with van der Waals surface area (Å²) in [4.78, 5) is 11.8. The zero-order valence-corrected chi connectivity index (χ0v) is 13.4. The Morgan fingerprint density at radius 1 is 1.24 bits per heavy atom. The first-order valence-electron chi connectivity index (χ1n) is 8.09. The maximum atomic E-state index is 11.8. The van der Waals surface area contributed by atoms with Crippen LogP contribution in [0.5, 0.6) is 0 Å². The summed E-state index contributed by atoms with van der Waals surface area (Å²) in [5, 5.41) is 38.9. The third-order valence-electron chi connectivity index (χ3n) is 4.79. The van der Waals surface area contributed by atoms with E-state index in [-0.39, 0.29) is 12.5 Å². The van der Waals surface area contributed by atoms with Crippen molar-refractivity contribution in [3.8, 4) is 0 Å². The number of fused-ring (bicyclic) bond motifs is 1. The van der Waals surface area contributed by atoms with Crippen LogP contribution in [0.25, 0.3) is 0 Å². The minimum absolute atomic E-state index is 0.206. The molecule has 3 aliphatic heterocycles. The third-order valence-corrected chi connectivity index (χ3v) is 4.79. The van der Waals surface area contributed by atoms with E-state index in [9.17, 15) is 25.2 Å². The van der Waals surface area contributed by atoms with Crippen molar-refractivity contribution < 1.29 is 44.2 Å². The molecule has 0 amide bonds. The lowest BCUT2D eigenvalue weighted by Gasteiger charge is -2.43. The van der Waals surface area contributed by atoms with E-state index in [0.29, 0.717) is 12.0 Å². The topological polar surface area (TPSA) is 135 Å². The van der Waals surface area contributed by atoms with Crippen molar-refractivity contribution in [2.24, 2.45) is 11.8 Å². The second-order valence-electron chi connectivity index (χ2n) is 6.26. The molecule has 0 radical (unpaired) electrons. The number of hydrogen-bond donors (Lipinski definition) is 4. The molecule has 0 saturated carbocycles. The monoisotopic (exact) mass is 358 g/mol. The fraction of sp³-hybridized carbons (Fsp3) is 0.688. The molecule has 9 nitrogen and oxygen atoms in total. The average Bonchev–Trinajstić information content (AvgIpc) is 2.62. The molecule has 0 spiro atoms. The Labute approximate surface area is 144 Å². The van der Waals surface area contributed by atoms with Gasteiger partial charge in [0.2, 0.25) is 6.29 Å². The lowest BCUT2D eigenvalue weighted by Crippen LogP contribution is -2.60. The van der Waals surface area contributed by atoms with Gasteiger partial charge in [0.25, 0.3) is 0 Å². The zero-order chi connectivity index (χ0) is 18.1. The minimum atomic E-state index is -1.54. The third kappa shape index (κ3) is 3.31. The Bertz CT molecular complexity index is 546. The lowest BCUT2D eigenvalue weighted by atomic mass is 9.81. The Hall–Kier alpha value is -1.49. The van der Waals surface area contributed by atoms with Crippen LogP contribution in [0.1, 0.15) is 6.42 Å². The maximum Gasteiger partial charge on any atom is 0.337 e. The SMILES string of the molecule is C=C[C@H]1[C@H](O[C@@H]2O[C@H](CO)[C@@H](O)[C@H](O)[C@H]2O)OC=C2C(=O)OCC[C@H]21. The van der Waals surface area contributed by atoms with Crippen molar-refractivity contribution in [1.29, 1.82) is 0 Å². The highest BCUT2D eigenvalue weighted by Gasteiger charge is 2.48. The molecule has 0 bridgehead atoms. The normalized spacial score (nSPS) is 44.2. The summed E-state index contributed by atoms with van der Waals surface area (Å²) in [6.45, 7) is 3.47. The molecule has 2 saturated heterocycles. The van der Waals surface area contributed by atoms with Gasteiger partial charge in [0, 0.05) is 11.8 Å². The second kappa shape index (κ2) is 7.40. The van der Waals surface area contributed by atoms with Gasteiger partial charge in [-0.05, 0) is 6.42 Å². The van der Waals surface area contributed by atoms with Crippen LogP contribution in [0.2, 0.25) is 0 Å². The highest BCUT2D eigenvalue weighted by atomic mass is 16.8. The molecular weight excluding hydrogens is 336 g/mol. The first-order valence-corrected chi connectivity index (χ1v) is 8.09. The highest BCUT2D eigenvalue weighted by Crippen LogP contribution is 2.38. The van der Waals surface area contributed by atoms with E-state index in [2.05, 4.69) is 6.58 Å². The van der Waals surface area contributed by atoms with Gasteiger partial charge in [-0.2, -0.15) is 0 Å². The Balaban J connectivity index is 1.75. The molecule has 4 N–H and O–H groups in total. The quantitative estimate of drug-likeness (QED) is 0.346. The molecule has 0 aromatic rings. The number of rotatable bonds is 4. The van der Waals surface area contributed by atoms with Crippen LogP contribution in [0.4, 0.5) is 0 Å². The highest BCUT2D eigenvalue weighted by molar-refractivity contribution is 5.89. The van der Waals surface area contributed by atoms with Crippen LogP contribution in [0, 0.1) is 11.8 Å². The summed E-state index contributed by atoms with van der Waals surface area (Å²) in [7, 11) is 0.